The summed E-state index contributed by atoms with van der Waals surface area (Å²) < 4.78 is 0. The monoisotopic (exact) mass is 280 g/mol. The van der Waals surface area contributed by atoms with Crippen LogP contribution in [0.1, 0.15) is 53.4 Å². The summed E-state index contributed by atoms with van der Waals surface area (Å²) >= 11 is 0. The standard InChI is InChI=1S/C16H26O4/c1-11(2)6-5-7-12(3)8-9-14(16(19)20)13(4)10-15(17)18/h9-12H,5-8H2,1-4H3,(H,17,18)(H,19,20)/p-2/b13-10+,14-9+. The van der Waals surface area contributed by atoms with Gasteiger partial charge in [0.25, 0.3) is 0 Å². The highest BCUT2D eigenvalue weighted by Gasteiger charge is 2.05. The van der Waals surface area contributed by atoms with Crippen molar-refractivity contribution in [1.29, 1.82) is 0 Å². The Balaban J connectivity index is 4.56. The van der Waals surface area contributed by atoms with Gasteiger partial charge >= 0.3 is 0 Å². The van der Waals surface area contributed by atoms with Gasteiger partial charge in [-0.05, 0) is 42.4 Å². The maximum absolute atomic E-state index is 11.0. The number of aliphatic carboxylic acids is 2. The molecule has 114 valence electrons. The summed E-state index contributed by atoms with van der Waals surface area (Å²) in [4.78, 5) is 21.5. The van der Waals surface area contributed by atoms with Gasteiger partial charge in [-0.15, -0.1) is 0 Å². The molecule has 0 saturated heterocycles. The lowest BCUT2D eigenvalue weighted by Gasteiger charge is -2.13. The van der Waals surface area contributed by atoms with E-state index in [1.165, 1.54) is 6.92 Å². The van der Waals surface area contributed by atoms with Gasteiger partial charge in [0.05, 0.1) is 11.9 Å². The summed E-state index contributed by atoms with van der Waals surface area (Å²) in [6, 6.07) is 0. The van der Waals surface area contributed by atoms with E-state index in [4.69, 9.17) is 0 Å². The maximum atomic E-state index is 11.0. The molecule has 0 heterocycles. The van der Waals surface area contributed by atoms with Gasteiger partial charge in [0.2, 0.25) is 0 Å². The van der Waals surface area contributed by atoms with Crippen molar-refractivity contribution < 1.29 is 19.8 Å². The molecule has 0 aromatic heterocycles. The van der Waals surface area contributed by atoms with Crippen LogP contribution in [0.4, 0.5) is 0 Å². The third kappa shape index (κ3) is 8.51. The Morgan fingerprint density at radius 2 is 1.70 bits per heavy atom. The third-order valence-electron chi connectivity index (χ3n) is 3.18. The molecule has 0 aliphatic carbocycles. The van der Waals surface area contributed by atoms with Crippen molar-refractivity contribution in [2.24, 2.45) is 11.8 Å². The first-order chi connectivity index (χ1) is 9.23. The second-order valence-corrected chi connectivity index (χ2v) is 5.72. The van der Waals surface area contributed by atoms with Crippen LogP contribution in [0.2, 0.25) is 0 Å². The summed E-state index contributed by atoms with van der Waals surface area (Å²) in [5.74, 6) is -1.72. The highest BCUT2D eigenvalue weighted by Crippen LogP contribution is 2.18. The molecule has 20 heavy (non-hydrogen) atoms. The Labute approximate surface area is 121 Å². The zero-order valence-electron chi connectivity index (χ0n) is 12.8. The molecule has 0 amide bonds. The smallest absolute Gasteiger partial charge is 0.0714 e. The minimum atomic E-state index is -1.40. The van der Waals surface area contributed by atoms with Gasteiger partial charge in [-0.25, -0.2) is 0 Å². The van der Waals surface area contributed by atoms with E-state index in [9.17, 15) is 19.8 Å². The van der Waals surface area contributed by atoms with E-state index in [-0.39, 0.29) is 11.1 Å². The Bertz CT molecular complexity index is 391. The number of carbonyl (C=O) groups is 2. The van der Waals surface area contributed by atoms with Crippen LogP contribution in [0.3, 0.4) is 0 Å². The van der Waals surface area contributed by atoms with Crippen molar-refractivity contribution in [1.82, 2.24) is 0 Å². The van der Waals surface area contributed by atoms with Crippen LogP contribution in [0.5, 0.6) is 0 Å². The summed E-state index contributed by atoms with van der Waals surface area (Å²) in [5.41, 5.74) is 0.0873. The average Bonchev–Trinajstić information content (AvgIpc) is 2.26. The lowest BCUT2D eigenvalue weighted by atomic mass is 9.95. The zero-order chi connectivity index (χ0) is 15.7. The summed E-state index contributed by atoms with van der Waals surface area (Å²) in [7, 11) is 0. The molecule has 1 atom stereocenters. The molecule has 0 aromatic rings. The van der Waals surface area contributed by atoms with Crippen LogP contribution < -0.4 is 10.2 Å². The van der Waals surface area contributed by atoms with E-state index >= 15 is 0 Å². The van der Waals surface area contributed by atoms with E-state index in [1.807, 2.05) is 0 Å². The molecule has 0 bridgehead atoms. The predicted molar refractivity (Wildman–Crippen MR) is 74.3 cm³/mol. The first kappa shape index (κ1) is 18.4. The first-order valence-corrected chi connectivity index (χ1v) is 7.05. The second kappa shape index (κ2) is 9.34. The van der Waals surface area contributed by atoms with E-state index in [0.717, 1.165) is 25.3 Å². The highest BCUT2D eigenvalue weighted by atomic mass is 16.4. The van der Waals surface area contributed by atoms with Crippen LogP contribution in [0.25, 0.3) is 0 Å². The Morgan fingerprint density at radius 1 is 1.10 bits per heavy atom. The van der Waals surface area contributed by atoms with Crippen molar-refractivity contribution in [3.63, 3.8) is 0 Å². The molecule has 0 spiro atoms. The van der Waals surface area contributed by atoms with Crippen LogP contribution in [-0.2, 0) is 9.59 Å². The van der Waals surface area contributed by atoms with Crippen LogP contribution in [0.15, 0.2) is 23.3 Å². The van der Waals surface area contributed by atoms with Crippen LogP contribution >= 0.6 is 0 Å². The number of carboxylic acids is 2. The zero-order valence-corrected chi connectivity index (χ0v) is 12.8. The molecule has 0 fully saturated rings. The van der Waals surface area contributed by atoms with Gasteiger partial charge in [-0.2, -0.15) is 0 Å². The molecular formula is C16H24O4-2. The molecule has 0 saturated carbocycles. The van der Waals surface area contributed by atoms with E-state index in [2.05, 4.69) is 20.8 Å². The third-order valence-corrected chi connectivity index (χ3v) is 3.18. The lowest BCUT2D eigenvalue weighted by Crippen LogP contribution is -2.26. The van der Waals surface area contributed by atoms with Crippen LogP contribution in [-0.4, -0.2) is 11.9 Å². The number of hydrogen-bond acceptors (Lipinski definition) is 4. The lowest BCUT2D eigenvalue weighted by molar-refractivity contribution is -0.299. The summed E-state index contributed by atoms with van der Waals surface area (Å²) in [6.07, 6.45) is 6.22. The number of carbonyl (C=O) groups excluding carboxylic acids is 2. The summed E-state index contributed by atoms with van der Waals surface area (Å²) in [5, 5.41) is 21.5. The predicted octanol–water partition coefficient (Wildman–Crippen LogP) is 1.21. The summed E-state index contributed by atoms with van der Waals surface area (Å²) in [6.45, 7) is 7.84. The topological polar surface area (TPSA) is 80.3 Å². The molecule has 0 aliphatic rings. The molecule has 4 nitrogen and oxygen atoms in total. The minimum Gasteiger partial charge on any atom is -0.545 e. The molecular weight excluding hydrogens is 256 g/mol. The highest BCUT2D eigenvalue weighted by molar-refractivity contribution is 5.92. The maximum Gasteiger partial charge on any atom is 0.0714 e. The molecule has 0 rings (SSSR count). The number of carboxylic acid groups (broad SMARTS) is 2. The Hall–Kier alpha value is -1.58. The molecule has 0 aliphatic heterocycles. The SMILES string of the molecule is CC(=C\C(=O)[O-])/C(=C\CC(C)CCCC(C)C)C(=O)[O-]. The number of rotatable bonds is 9. The molecule has 4 heteroatoms. The number of hydrogen-bond donors (Lipinski definition) is 0. The van der Waals surface area contributed by atoms with Crippen molar-refractivity contribution >= 4 is 11.9 Å². The van der Waals surface area contributed by atoms with Gasteiger partial charge in [0, 0.05) is 0 Å². The molecule has 0 N–H and O–H groups in total. The van der Waals surface area contributed by atoms with E-state index in [1.54, 1.807) is 6.08 Å². The fourth-order valence-corrected chi connectivity index (χ4v) is 1.97. The van der Waals surface area contributed by atoms with Crippen molar-refractivity contribution in [3.05, 3.63) is 23.3 Å². The quantitative estimate of drug-likeness (QED) is 0.469. The fraction of sp³-hybridized carbons (Fsp3) is 0.625. The van der Waals surface area contributed by atoms with Crippen molar-refractivity contribution in [2.75, 3.05) is 0 Å². The minimum absolute atomic E-state index is 0.0649. The van der Waals surface area contributed by atoms with Gasteiger partial charge < -0.3 is 19.8 Å². The normalized spacial score (nSPS) is 14.4. The fourth-order valence-electron chi connectivity index (χ4n) is 1.97. The van der Waals surface area contributed by atoms with Crippen molar-refractivity contribution in [2.45, 2.75) is 53.4 Å². The average molecular weight is 280 g/mol. The first-order valence-electron chi connectivity index (χ1n) is 7.05. The second-order valence-electron chi connectivity index (χ2n) is 5.72. The van der Waals surface area contributed by atoms with E-state index < -0.39 is 11.9 Å². The van der Waals surface area contributed by atoms with Gasteiger partial charge in [0.1, 0.15) is 0 Å². The Morgan fingerprint density at radius 3 is 2.15 bits per heavy atom. The van der Waals surface area contributed by atoms with Gasteiger partial charge in [-0.3, -0.25) is 0 Å². The molecule has 0 radical (unpaired) electrons. The van der Waals surface area contributed by atoms with Gasteiger partial charge in [0.15, 0.2) is 0 Å². The van der Waals surface area contributed by atoms with Crippen molar-refractivity contribution in [3.8, 4) is 0 Å². The molecule has 0 aromatic carbocycles. The largest absolute Gasteiger partial charge is 0.545 e. The molecule has 1 unspecified atom stereocenters. The van der Waals surface area contributed by atoms with Crippen LogP contribution in [0, 0.1) is 11.8 Å². The van der Waals surface area contributed by atoms with E-state index in [0.29, 0.717) is 18.3 Å². The Kier molecular flexibility index (Phi) is 8.61. The van der Waals surface area contributed by atoms with Gasteiger partial charge in [-0.1, -0.05) is 46.1 Å². The number of allylic oxidation sites excluding steroid dienone is 1.